The van der Waals surface area contributed by atoms with Crippen LogP contribution in [0, 0.1) is 5.92 Å². The zero-order valence-corrected chi connectivity index (χ0v) is 27.1. The van der Waals surface area contributed by atoms with Crippen LogP contribution in [0.5, 0.6) is 0 Å². The minimum Gasteiger partial charge on any atom is -0.382 e. The lowest BCUT2D eigenvalue weighted by Crippen LogP contribution is -2.36. The molecule has 41 heavy (non-hydrogen) atoms. The van der Waals surface area contributed by atoms with E-state index in [2.05, 4.69) is 35.7 Å². The molecule has 0 spiro atoms. The SMILES string of the molecule is CCCCCC(CC)OP(O)(=S)OC1C(CC(CCCC)CCCC)OC(n2cnc3c(N)nc(N)nc32)C1OC. The molecule has 3 heterocycles. The van der Waals surface area contributed by atoms with Crippen molar-refractivity contribution in [3.8, 4) is 0 Å². The third-order valence-electron chi connectivity index (χ3n) is 7.92. The average Bonchev–Trinajstić information content (AvgIpc) is 3.50. The van der Waals surface area contributed by atoms with Crippen LogP contribution < -0.4 is 11.5 Å². The van der Waals surface area contributed by atoms with E-state index in [0.29, 0.717) is 17.1 Å². The van der Waals surface area contributed by atoms with Crippen molar-refractivity contribution in [2.24, 2.45) is 5.92 Å². The summed E-state index contributed by atoms with van der Waals surface area (Å²) in [6.45, 7) is 4.99. The molecule has 13 heteroatoms. The van der Waals surface area contributed by atoms with Gasteiger partial charge in [-0.1, -0.05) is 85.5 Å². The quantitative estimate of drug-likeness (QED) is 0.121. The lowest BCUT2D eigenvalue weighted by Gasteiger charge is -2.30. The van der Waals surface area contributed by atoms with Crippen molar-refractivity contribution in [2.45, 2.75) is 135 Å². The number of unbranched alkanes of at least 4 members (excludes halogenated alkanes) is 4. The molecule has 6 atom stereocenters. The van der Waals surface area contributed by atoms with Crippen LogP contribution >= 0.6 is 6.72 Å². The largest absolute Gasteiger partial charge is 0.382 e. The smallest absolute Gasteiger partial charge is 0.325 e. The fraction of sp³-hybridized carbons (Fsp3) is 0.821. The Balaban J connectivity index is 1.93. The van der Waals surface area contributed by atoms with Crippen LogP contribution in [-0.2, 0) is 30.3 Å². The van der Waals surface area contributed by atoms with Crippen LogP contribution in [0.2, 0.25) is 0 Å². The van der Waals surface area contributed by atoms with Crippen LogP contribution in [-0.4, -0.2) is 55.9 Å². The number of hydrogen-bond acceptors (Lipinski definition) is 10. The van der Waals surface area contributed by atoms with Crippen molar-refractivity contribution in [2.75, 3.05) is 18.6 Å². The highest BCUT2D eigenvalue weighted by Gasteiger charge is 2.50. The van der Waals surface area contributed by atoms with E-state index >= 15 is 0 Å². The number of imidazole rings is 1. The van der Waals surface area contributed by atoms with Crippen molar-refractivity contribution in [1.82, 2.24) is 19.5 Å². The molecule has 1 aliphatic heterocycles. The fourth-order valence-corrected chi connectivity index (χ4v) is 7.56. The summed E-state index contributed by atoms with van der Waals surface area (Å²) in [5.41, 5.74) is 12.9. The van der Waals surface area contributed by atoms with Crippen molar-refractivity contribution in [3.63, 3.8) is 0 Å². The maximum Gasteiger partial charge on any atom is 0.325 e. The Hall–Kier alpha value is -1.40. The maximum absolute atomic E-state index is 11.3. The van der Waals surface area contributed by atoms with E-state index in [1.165, 1.54) is 0 Å². The Morgan fingerprint density at radius 3 is 2.32 bits per heavy atom. The lowest BCUT2D eigenvalue weighted by molar-refractivity contribution is -0.0529. The predicted octanol–water partition coefficient (Wildman–Crippen LogP) is 6.27. The van der Waals surface area contributed by atoms with Gasteiger partial charge < -0.3 is 30.4 Å². The van der Waals surface area contributed by atoms with Gasteiger partial charge in [0.25, 0.3) is 0 Å². The molecule has 0 bridgehead atoms. The Bertz CT molecular complexity index is 1120. The van der Waals surface area contributed by atoms with Gasteiger partial charge in [0.2, 0.25) is 5.95 Å². The first-order valence-electron chi connectivity index (χ1n) is 15.3. The summed E-state index contributed by atoms with van der Waals surface area (Å²) in [4.78, 5) is 24.2. The van der Waals surface area contributed by atoms with Gasteiger partial charge in [0.1, 0.15) is 17.7 Å². The first-order chi connectivity index (χ1) is 19.7. The van der Waals surface area contributed by atoms with Gasteiger partial charge in [0.15, 0.2) is 17.7 Å². The normalized spacial score (nSPS) is 23.4. The van der Waals surface area contributed by atoms with E-state index in [1.54, 1.807) is 18.0 Å². The third kappa shape index (κ3) is 9.29. The number of methoxy groups -OCH3 is 1. The first-order valence-corrected chi connectivity index (χ1v) is 17.9. The van der Waals surface area contributed by atoms with E-state index < -0.39 is 31.3 Å². The molecule has 2 aromatic rings. The molecule has 6 unspecified atom stereocenters. The molecule has 1 saturated heterocycles. The summed E-state index contributed by atoms with van der Waals surface area (Å²) in [5, 5.41) is 0. The molecular formula is C28H51N6O5PS. The van der Waals surface area contributed by atoms with Gasteiger partial charge in [0, 0.05) is 7.11 Å². The molecule has 3 rings (SSSR count). The van der Waals surface area contributed by atoms with E-state index in [4.69, 9.17) is 41.8 Å². The molecule has 1 aliphatic rings. The molecule has 0 saturated carbocycles. The number of fused-ring (bicyclic) bond motifs is 1. The van der Waals surface area contributed by atoms with E-state index in [-0.39, 0.29) is 17.9 Å². The van der Waals surface area contributed by atoms with Gasteiger partial charge in [-0.15, -0.1) is 0 Å². The second-order valence-electron chi connectivity index (χ2n) is 11.1. The summed E-state index contributed by atoms with van der Waals surface area (Å²) in [6, 6.07) is 0. The standard InChI is InChI=1S/C28H51N6O5PS/c1-6-10-13-16-20(9-4)38-40(35,41)39-23-21(17-19(14-11-7-2)15-12-8-3)37-27(24(23)36-5)34-18-31-22-25(29)32-28(30)33-26(22)34/h18-21,23-24,27H,6-17H2,1-5H3,(H,35,41)(H4,29,30,32,33). The van der Waals surface area contributed by atoms with Crippen molar-refractivity contribution >= 4 is 41.5 Å². The van der Waals surface area contributed by atoms with E-state index in [0.717, 1.165) is 77.0 Å². The average molecular weight is 615 g/mol. The molecular weight excluding hydrogens is 563 g/mol. The molecule has 2 aromatic heterocycles. The molecule has 5 N–H and O–H groups in total. The molecule has 234 valence electrons. The summed E-state index contributed by atoms with van der Waals surface area (Å²) < 4.78 is 26.9. The van der Waals surface area contributed by atoms with E-state index in [9.17, 15) is 4.89 Å². The van der Waals surface area contributed by atoms with Gasteiger partial charge in [-0.2, -0.15) is 9.97 Å². The monoisotopic (exact) mass is 614 g/mol. The predicted molar refractivity (Wildman–Crippen MR) is 167 cm³/mol. The Kier molecular flexibility index (Phi) is 13.7. The lowest BCUT2D eigenvalue weighted by atomic mass is 9.89. The van der Waals surface area contributed by atoms with Crippen LogP contribution in [0.1, 0.15) is 111 Å². The zero-order valence-electron chi connectivity index (χ0n) is 25.4. The number of ether oxygens (including phenoxy) is 2. The summed E-state index contributed by atoms with van der Waals surface area (Å²) in [7, 11) is 1.60. The van der Waals surface area contributed by atoms with Gasteiger partial charge in [-0.3, -0.25) is 9.09 Å². The first kappa shape index (κ1) is 34.1. The topological polar surface area (TPSA) is 153 Å². The highest BCUT2D eigenvalue weighted by atomic mass is 32.5. The van der Waals surface area contributed by atoms with E-state index in [1.807, 2.05) is 6.92 Å². The van der Waals surface area contributed by atoms with Crippen molar-refractivity contribution in [1.29, 1.82) is 0 Å². The van der Waals surface area contributed by atoms with Crippen LogP contribution in [0.15, 0.2) is 6.33 Å². The number of nitrogens with zero attached hydrogens (tertiary/aromatic N) is 4. The van der Waals surface area contributed by atoms with Crippen molar-refractivity contribution in [3.05, 3.63) is 6.33 Å². The van der Waals surface area contributed by atoms with Gasteiger partial charge in [0.05, 0.1) is 18.5 Å². The molecule has 0 radical (unpaired) electrons. The Morgan fingerprint density at radius 1 is 1.02 bits per heavy atom. The summed E-state index contributed by atoms with van der Waals surface area (Å²) in [6.07, 6.45) is 11.4. The van der Waals surface area contributed by atoms with Crippen molar-refractivity contribution < 1.29 is 23.4 Å². The Labute approximate surface area is 250 Å². The molecule has 0 aromatic carbocycles. The zero-order chi connectivity index (χ0) is 30.0. The Morgan fingerprint density at radius 2 is 1.71 bits per heavy atom. The molecule has 0 aliphatic carbocycles. The third-order valence-corrected chi connectivity index (χ3v) is 9.51. The minimum atomic E-state index is -3.62. The van der Waals surface area contributed by atoms with Gasteiger partial charge in [-0.05, 0) is 37.0 Å². The molecule has 1 fully saturated rings. The molecule has 0 amide bonds. The van der Waals surface area contributed by atoms with Crippen LogP contribution in [0.4, 0.5) is 11.8 Å². The number of aromatic nitrogens is 4. The second-order valence-corrected chi connectivity index (χ2v) is 13.9. The second kappa shape index (κ2) is 16.4. The highest BCUT2D eigenvalue weighted by molar-refractivity contribution is 8.07. The number of nitrogen functional groups attached to an aromatic ring is 2. The van der Waals surface area contributed by atoms with Crippen LogP contribution in [0.3, 0.4) is 0 Å². The number of anilines is 2. The number of hydrogen-bond donors (Lipinski definition) is 3. The minimum absolute atomic E-state index is 0.0419. The van der Waals surface area contributed by atoms with Gasteiger partial charge in [-0.25, -0.2) is 4.98 Å². The summed E-state index contributed by atoms with van der Waals surface area (Å²) >= 11 is 5.60. The maximum atomic E-state index is 11.3. The number of nitrogens with two attached hydrogens (primary N) is 2. The van der Waals surface area contributed by atoms with Crippen LogP contribution in [0.25, 0.3) is 11.2 Å². The number of rotatable bonds is 19. The fourth-order valence-electron chi connectivity index (χ4n) is 5.66. The van der Waals surface area contributed by atoms with Gasteiger partial charge >= 0.3 is 6.72 Å². The summed E-state index contributed by atoms with van der Waals surface area (Å²) in [5.74, 6) is 0.667. The highest BCUT2D eigenvalue weighted by Crippen LogP contribution is 2.52. The molecule has 11 nitrogen and oxygen atoms in total.